The number of aromatic carboxylic acids is 1. The zero-order valence-electron chi connectivity index (χ0n) is 17.0. The van der Waals surface area contributed by atoms with Gasteiger partial charge >= 0.3 is 5.97 Å². The van der Waals surface area contributed by atoms with Gasteiger partial charge in [0.25, 0.3) is 0 Å². The van der Waals surface area contributed by atoms with Gasteiger partial charge in [-0.3, -0.25) is 0 Å². The van der Waals surface area contributed by atoms with E-state index in [4.69, 9.17) is 19.7 Å². The van der Waals surface area contributed by atoms with E-state index in [-0.39, 0.29) is 16.9 Å². The van der Waals surface area contributed by atoms with E-state index >= 15 is 0 Å². The molecule has 0 fully saturated rings. The van der Waals surface area contributed by atoms with Gasteiger partial charge in [-0.15, -0.1) is 0 Å². The van der Waals surface area contributed by atoms with Crippen molar-refractivity contribution in [3.63, 3.8) is 0 Å². The molecule has 3 aromatic rings. The van der Waals surface area contributed by atoms with E-state index in [2.05, 4.69) is 15.0 Å². The zero-order chi connectivity index (χ0) is 22.2. The first-order chi connectivity index (χ1) is 15.1. The fraction of sp³-hybridized carbons (Fsp3) is 0.182. The van der Waals surface area contributed by atoms with E-state index in [1.807, 2.05) is 0 Å². The predicted molar refractivity (Wildman–Crippen MR) is 115 cm³/mol. The highest BCUT2D eigenvalue weighted by Crippen LogP contribution is 2.36. The summed E-state index contributed by atoms with van der Waals surface area (Å²) in [4.78, 5) is 19.3. The lowest BCUT2D eigenvalue weighted by atomic mass is 10.0. The van der Waals surface area contributed by atoms with Crippen LogP contribution in [0.2, 0.25) is 0 Å². The van der Waals surface area contributed by atoms with Gasteiger partial charge in [0.1, 0.15) is 18.1 Å². The summed E-state index contributed by atoms with van der Waals surface area (Å²) in [6, 6.07) is 15.4. The number of hydrogen-bond acceptors (Lipinski definition) is 6. The smallest absolute Gasteiger partial charge is 0.336 e. The standard InChI is InChI=1S/C22H20N4O5/c1-29-11-12-31-17-9-5-15(6-10-17)20-21(25-26-23)18(22(27)28)13-19(24-20)14-3-7-16(30-2)8-4-14/h3-10,13H,11-12H2,1-2H3,(H,27,28). The van der Waals surface area contributed by atoms with Gasteiger partial charge in [0.2, 0.25) is 0 Å². The predicted octanol–water partition coefficient (Wildman–Crippen LogP) is 5.09. The number of nitrogens with zero attached hydrogens (tertiary/aromatic N) is 4. The van der Waals surface area contributed by atoms with E-state index in [0.717, 1.165) is 0 Å². The highest BCUT2D eigenvalue weighted by molar-refractivity contribution is 5.98. The van der Waals surface area contributed by atoms with Crippen LogP contribution in [-0.4, -0.2) is 43.5 Å². The van der Waals surface area contributed by atoms with Gasteiger partial charge in [-0.25, -0.2) is 9.78 Å². The average molecular weight is 420 g/mol. The lowest BCUT2D eigenvalue weighted by molar-refractivity contribution is 0.0697. The fourth-order valence-electron chi connectivity index (χ4n) is 2.91. The minimum Gasteiger partial charge on any atom is -0.497 e. The van der Waals surface area contributed by atoms with Gasteiger partial charge in [-0.2, -0.15) is 0 Å². The monoisotopic (exact) mass is 420 g/mol. The lowest BCUT2D eigenvalue weighted by Crippen LogP contribution is -2.04. The molecule has 0 aliphatic heterocycles. The van der Waals surface area contributed by atoms with Gasteiger partial charge in [0, 0.05) is 23.1 Å². The molecule has 0 amide bonds. The van der Waals surface area contributed by atoms with Gasteiger partial charge in [0.15, 0.2) is 0 Å². The molecule has 0 saturated heterocycles. The van der Waals surface area contributed by atoms with E-state index in [1.165, 1.54) is 6.07 Å². The first-order valence-corrected chi connectivity index (χ1v) is 9.27. The Morgan fingerprint density at radius 2 is 1.68 bits per heavy atom. The Hall–Kier alpha value is -4.07. The SMILES string of the molecule is COCCOc1ccc(-c2nc(-c3ccc(OC)cc3)cc(C(=O)O)c2N=[N+]=[N-])cc1. The van der Waals surface area contributed by atoms with Gasteiger partial charge < -0.3 is 19.3 Å². The highest BCUT2D eigenvalue weighted by atomic mass is 16.5. The molecule has 0 aliphatic rings. The number of carboxylic acid groups (broad SMARTS) is 1. The normalized spacial score (nSPS) is 10.3. The van der Waals surface area contributed by atoms with Crippen molar-refractivity contribution in [2.24, 2.45) is 5.11 Å². The van der Waals surface area contributed by atoms with Crippen LogP contribution < -0.4 is 9.47 Å². The molecule has 1 N–H and O–H groups in total. The second-order valence-corrected chi connectivity index (χ2v) is 6.34. The molecular weight excluding hydrogens is 400 g/mol. The minimum absolute atomic E-state index is 0.0553. The molecule has 158 valence electrons. The molecule has 0 aliphatic carbocycles. The van der Waals surface area contributed by atoms with Gasteiger partial charge in [0.05, 0.1) is 36.4 Å². The fourth-order valence-corrected chi connectivity index (χ4v) is 2.91. The summed E-state index contributed by atoms with van der Waals surface area (Å²) in [6.45, 7) is 0.852. The molecule has 1 heterocycles. The van der Waals surface area contributed by atoms with Crippen molar-refractivity contribution >= 4 is 11.7 Å². The van der Waals surface area contributed by atoms with E-state index < -0.39 is 5.97 Å². The first kappa shape index (κ1) is 21.6. The van der Waals surface area contributed by atoms with Crippen LogP contribution >= 0.6 is 0 Å². The Labute approximate surface area is 178 Å². The molecule has 9 heteroatoms. The van der Waals surface area contributed by atoms with Crippen LogP contribution in [0, 0.1) is 0 Å². The van der Waals surface area contributed by atoms with Crippen LogP contribution in [0.25, 0.3) is 33.0 Å². The number of methoxy groups -OCH3 is 2. The minimum atomic E-state index is -1.22. The van der Waals surface area contributed by atoms with Crippen molar-refractivity contribution in [3.05, 3.63) is 70.6 Å². The Morgan fingerprint density at radius 3 is 2.26 bits per heavy atom. The topological polar surface area (TPSA) is 127 Å². The maximum atomic E-state index is 11.9. The zero-order valence-corrected chi connectivity index (χ0v) is 17.0. The van der Waals surface area contributed by atoms with Crippen LogP contribution in [0.4, 0.5) is 5.69 Å². The Morgan fingerprint density at radius 1 is 1.03 bits per heavy atom. The van der Waals surface area contributed by atoms with E-state index in [0.29, 0.717) is 41.5 Å². The molecule has 0 unspecified atom stereocenters. The summed E-state index contributed by atoms with van der Waals surface area (Å²) < 4.78 is 15.7. The van der Waals surface area contributed by atoms with Crippen LogP contribution in [0.3, 0.4) is 0 Å². The second-order valence-electron chi connectivity index (χ2n) is 6.34. The quantitative estimate of drug-likeness (QED) is 0.222. The summed E-state index contributed by atoms with van der Waals surface area (Å²) in [6.07, 6.45) is 0. The number of ether oxygens (including phenoxy) is 3. The molecule has 1 aromatic heterocycles. The molecule has 0 atom stereocenters. The maximum Gasteiger partial charge on any atom is 0.336 e. The third-order valence-electron chi connectivity index (χ3n) is 4.44. The molecule has 3 rings (SSSR count). The van der Waals surface area contributed by atoms with Crippen LogP contribution in [-0.2, 0) is 4.74 Å². The van der Waals surface area contributed by atoms with Crippen molar-refractivity contribution in [3.8, 4) is 34.0 Å². The van der Waals surface area contributed by atoms with Crippen molar-refractivity contribution < 1.29 is 24.1 Å². The third kappa shape index (κ3) is 5.11. The van der Waals surface area contributed by atoms with E-state index in [1.54, 1.807) is 62.8 Å². The molecule has 0 radical (unpaired) electrons. The molecular formula is C22H20N4O5. The number of benzene rings is 2. The largest absolute Gasteiger partial charge is 0.497 e. The summed E-state index contributed by atoms with van der Waals surface area (Å²) in [7, 11) is 3.15. The maximum absolute atomic E-state index is 11.9. The molecule has 0 bridgehead atoms. The number of azide groups is 1. The Balaban J connectivity index is 2.11. The van der Waals surface area contributed by atoms with Crippen LogP contribution in [0.15, 0.2) is 59.7 Å². The lowest BCUT2D eigenvalue weighted by Gasteiger charge is -2.13. The van der Waals surface area contributed by atoms with Crippen molar-refractivity contribution in [1.82, 2.24) is 4.98 Å². The number of hydrogen-bond donors (Lipinski definition) is 1. The number of rotatable bonds is 9. The van der Waals surface area contributed by atoms with Crippen LogP contribution in [0.5, 0.6) is 11.5 Å². The highest BCUT2D eigenvalue weighted by Gasteiger charge is 2.19. The summed E-state index contributed by atoms with van der Waals surface area (Å²) in [5.74, 6) is 0.0634. The number of carboxylic acids is 1. The molecule has 0 saturated carbocycles. The summed E-state index contributed by atoms with van der Waals surface area (Å²) >= 11 is 0. The number of aromatic nitrogens is 1. The van der Waals surface area contributed by atoms with Crippen molar-refractivity contribution in [2.45, 2.75) is 0 Å². The van der Waals surface area contributed by atoms with Crippen molar-refractivity contribution in [2.75, 3.05) is 27.4 Å². The Kier molecular flexibility index (Phi) is 7.05. The molecule has 9 nitrogen and oxygen atoms in total. The van der Waals surface area contributed by atoms with Crippen molar-refractivity contribution in [1.29, 1.82) is 0 Å². The molecule has 0 spiro atoms. The first-order valence-electron chi connectivity index (χ1n) is 9.27. The number of pyridine rings is 1. The van der Waals surface area contributed by atoms with Gasteiger partial charge in [-0.05, 0) is 60.1 Å². The number of carbonyl (C=O) groups is 1. The molecule has 2 aromatic carbocycles. The Bertz CT molecular complexity index is 1110. The summed E-state index contributed by atoms with van der Waals surface area (Å²) in [5.41, 5.74) is 10.8. The summed E-state index contributed by atoms with van der Waals surface area (Å²) in [5, 5.41) is 13.3. The second kappa shape index (κ2) is 10.1. The third-order valence-corrected chi connectivity index (χ3v) is 4.44. The van der Waals surface area contributed by atoms with E-state index in [9.17, 15) is 9.90 Å². The van der Waals surface area contributed by atoms with Crippen LogP contribution in [0.1, 0.15) is 10.4 Å². The molecule has 31 heavy (non-hydrogen) atoms. The van der Waals surface area contributed by atoms with Gasteiger partial charge in [-0.1, -0.05) is 5.11 Å². The average Bonchev–Trinajstić information content (AvgIpc) is 2.80.